The Morgan fingerprint density at radius 3 is 2.00 bits per heavy atom. The molecule has 0 atom stereocenters. The van der Waals surface area contributed by atoms with Crippen molar-refractivity contribution in [3.63, 3.8) is 0 Å². The molecule has 2 heteroatoms. The monoisotopic (exact) mass is 386 g/mol. The summed E-state index contributed by atoms with van der Waals surface area (Å²) in [5, 5.41) is 9.68. The lowest BCUT2D eigenvalue weighted by Gasteiger charge is -2.17. The third-order valence-corrected chi connectivity index (χ3v) is 6.00. The van der Waals surface area contributed by atoms with Gasteiger partial charge in [-0.2, -0.15) is 0 Å². The van der Waals surface area contributed by atoms with Crippen molar-refractivity contribution < 1.29 is 9.53 Å². The van der Waals surface area contributed by atoms with Crippen LogP contribution in [0.15, 0.2) is 97.1 Å². The quantitative estimate of drug-likeness (QED) is 0.184. The summed E-state index contributed by atoms with van der Waals surface area (Å²) in [7, 11) is 0. The minimum atomic E-state index is -0.301. The summed E-state index contributed by atoms with van der Waals surface area (Å²) in [4.78, 5) is 12.6. The summed E-state index contributed by atoms with van der Waals surface area (Å²) in [5.41, 5.74) is 1.63. The van der Waals surface area contributed by atoms with Crippen LogP contribution < -0.4 is 0 Å². The molecule has 0 aliphatic carbocycles. The zero-order valence-electron chi connectivity index (χ0n) is 16.3. The van der Waals surface area contributed by atoms with Gasteiger partial charge in [0.1, 0.15) is 6.61 Å². The molecule has 0 aliphatic heterocycles. The third kappa shape index (κ3) is 2.47. The van der Waals surface area contributed by atoms with E-state index >= 15 is 0 Å². The van der Waals surface area contributed by atoms with Crippen molar-refractivity contribution in [2.24, 2.45) is 0 Å². The van der Waals surface area contributed by atoms with Gasteiger partial charge in [-0.3, -0.25) is 0 Å². The van der Waals surface area contributed by atoms with Crippen molar-refractivity contribution in [2.45, 2.75) is 6.61 Å². The Balaban J connectivity index is 1.61. The maximum absolute atomic E-state index is 12.6. The molecule has 2 nitrogen and oxygen atoms in total. The Hall–Kier alpha value is -3.91. The summed E-state index contributed by atoms with van der Waals surface area (Å²) in [6, 6.07) is 32.7. The Bertz CT molecular complexity index is 1530. The predicted octanol–water partition coefficient (Wildman–Crippen LogP) is 7.09. The fraction of sp³-hybridized carbons (Fsp3) is 0.0357. The first-order chi connectivity index (χ1) is 14.8. The second kappa shape index (κ2) is 6.57. The average molecular weight is 386 g/mol. The topological polar surface area (TPSA) is 26.3 Å². The molecule has 0 amide bonds. The molecule has 0 aromatic heterocycles. The van der Waals surface area contributed by atoms with Crippen LogP contribution in [0.5, 0.6) is 0 Å². The van der Waals surface area contributed by atoms with E-state index in [1.807, 2.05) is 24.3 Å². The largest absolute Gasteiger partial charge is 0.457 e. The first-order valence-electron chi connectivity index (χ1n) is 10.1. The Labute approximate surface area is 173 Å². The Morgan fingerprint density at radius 2 is 1.23 bits per heavy atom. The molecular formula is C28H18O2. The molecule has 142 valence electrons. The smallest absolute Gasteiger partial charge is 0.338 e. The number of carbonyl (C=O) groups excluding carboxylic acids is 1. The van der Waals surface area contributed by atoms with Gasteiger partial charge in [0.25, 0.3) is 0 Å². The second-order valence-corrected chi connectivity index (χ2v) is 7.65. The summed E-state index contributed by atoms with van der Waals surface area (Å²) in [6.07, 6.45) is 0. The van der Waals surface area contributed by atoms with Crippen LogP contribution in [0.25, 0.3) is 43.1 Å². The van der Waals surface area contributed by atoms with E-state index < -0.39 is 0 Å². The van der Waals surface area contributed by atoms with Gasteiger partial charge in [0, 0.05) is 5.56 Å². The molecule has 0 saturated heterocycles. The van der Waals surface area contributed by atoms with E-state index in [0.29, 0.717) is 5.56 Å². The molecule has 0 radical (unpaired) electrons. The number of rotatable bonds is 3. The summed E-state index contributed by atoms with van der Waals surface area (Å²) < 4.78 is 5.77. The number of carbonyl (C=O) groups is 1. The minimum absolute atomic E-state index is 0.239. The first kappa shape index (κ1) is 17.0. The average Bonchev–Trinajstić information content (AvgIpc) is 2.81. The van der Waals surface area contributed by atoms with Gasteiger partial charge < -0.3 is 4.74 Å². The molecule has 0 N–H and O–H groups in total. The lowest BCUT2D eigenvalue weighted by molar-refractivity contribution is 0.0476. The Morgan fingerprint density at radius 1 is 0.567 bits per heavy atom. The van der Waals surface area contributed by atoms with E-state index in [2.05, 4.69) is 60.7 Å². The van der Waals surface area contributed by atoms with Crippen molar-refractivity contribution in [3.05, 3.63) is 108 Å². The lowest BCUT2D eigenvalue weighted by Crippen LogP contribution is -2.06. The van der Waals surface area contributed by atoms with Crippen LogP contribution in [0, 0.1) is 0 Å². The van der Waals surface area contributed by atoms with Gasteiger partial charge in [-0.05, 0) is 55.2 Å². The molecule has 0 aliphatic rings. The van der Waals surface area contributed by atoms with Gasteiger partial charge in [-0.1, -0.05) is 84.9 Å². The highest BCUT2D eigenvalue weighted by Crippen LogP contribution is 2.41. The van der Waals surface area contributed by atoms with Crippen LogP contribution in [-0.4, -0.2) is 5.97 Å². The number of esters is 1. The van der Waals surface area contributed by atoms with E-state index in [-0.39, 0.29) is 12.6 Å². The molecule has 0 saturated carbocycles. The van der Waals surface area contributed by atoms with E-state index in [9.17, 15) is 4.79 Å². The molecule has 0 spiro atoms. The van der Waals surface area contributed by atoms with Gasteiger partial charge in [0.05, 0.1) is 5.56 Å². The maximum atomic E-state index is 12.6. The predicted molar refractivity (Wildman–Crippen MR) is 123 cm³/mol. The van der Waals surface area contributed by atoms with E-state index in [4.69, 9.17) is 4.74 Å². The molecule has 6 aromatic rings. The van der Waals surface area contributed by atoms with Gasteiger partial charge in [-0.15, -0.1) is 0 Å². The highest BCUT2D eigenvalue weighted by Gasteiger charge is 2.17. The molecule has 6 rings (SSSR count). The molecule has 0 fully saturated rings. The first-order valence-corrected chi connectivity index (χ1v) is 10.1. The van der Waals surface area contributed by atoms with Crippen molar-refractivity contribution in [2.75, 3.05) is 0 Å². The molecule has 0 heterocycles. The molecule has 0 unspecified atom stereocenters. The van der Waals surface area contributed by atoms with Gasteiger partial charge >= 0.3 is 5.97 Å². The van der Waals surface area contributed by atoms with Crippen LogP contribution in [0.1, 0.15) is 15.9 Å². The number of hydrogen-bond acceptors (Lipinski definition) is 2. The van der Waals surface area contributed by atoms with E-state index in [0.717, 1.165) is 16.3 Å². The third-order valence-electron chi connectivity index (χ3n) is 6.00. The summed E-state index contributed by atoms with van der Waals surface area (Å²) >= 11 is 0. The normalized spacial score (nSPS) is 11.6. The van der Waals surface area contributed by atoms with Crippen molar-refractivity contribution in [1.29, 1.82) is 0 Å². The van der Waals surface area contributed by atoms with Crippen molar-refractivity contribution >= 4 is 49.1 Å². The van der Waals surface area contributed by atoms with Gasteiger partial charge in [0.2, 0.25) is 0 Å². The summed E-state index contributed by atoms with van der Waals surface area (Å²) in [5.74, 6) is -0.301. The number of benzene rings is 6. The van der Waals surface area contributed by atoms with Crippen LogP contribution in [0.4, 0.5) is 0 Å². The maximum Gasteiger partial charge on any atom is 0.338 e. The van der Waals surface area contributed by atoms with E-state index in [1.165, 1.54) is 32.3 Å². The molecular weight excluding hydrogens is 368 g/mol. The molecule has 0 bridgehead atoms. The minimum Gasteiger partial charge on any atom is -0.457 e. The van der Waals surface area contributed by atoms with Gasteiger partial charge in [0.15, 0.2) is 0 Å². The number of fused-ring (bicyclic) bond motifs is 2. The van der Waals surface area contributed by atoms with Crippen LogP contribution >= 0.6 is 0 Å². The SMILES string of the molecule is O=C(OCc1c2ccccc2c2ccc3cccc4ccc1c2c43)c1ccccc1. The fourth-order valence-corrected chi connectivity index (χ4v) is 4.64. The number of ether oxygens (including phenoxy) is 1. The lowest BCUT2D eigenvalue weighted by atomic mass is 9.88. The van der Waals surface area contributed by atoms with Crippen LogP contribution in [-0.2, 0) is 11.3 Å². The standard InChI is InChI=1S/C28H18O2/c29-28(20-7-2-1-3-8-20)30-17-25-22-12-5-4-11-21(22)23-15-13-18-9-6-10-19-14-16-24(25)27(23)26(18)19/h1-16H,17H2. The van der Waals surface area contributed by atoms with Crippen LogP contribution in [0.3, 0.4) is 0 Å². The second-order valence-electron chi connectivity index (χ2n) is 7.65. The highest BCUT2D eigenvalue weighted by atomic mass is 16.5. The molecule has 30 heavy (non-hydrogen) atoms. The fourth-order valence-electron chi connectivity index (χ4n) is 4.64. The van der Waals surface area contributed by atoms with Gasteiger partial charge in [-0.25, -0.2) is 4.79 Å². The number of hydrogen-bond donors (Lipinski definition) is 0. The Kier molecular flexibility index (Phi) is 3.72. The van der Waals surface area contributed by atoms with Crippen molar-refractivity contribution in [1.82, 2.24) is 0 Å². The summed E-state index contributed by atoms with van der Waals surface area (Å²) in [6.45, 7) is 0.239. The van der Waals surface area contributed by atoms with E-state index in [1.54, 1.807) is 12.1 Å². The van der Waals surface area contributed by atoms with Crippen molar-refractivity contribution in [3.8, 4) is 0 Å². The highest BCUT2D eigenvalue weighted by molar-refractivity contribution is 6.30. The zero-order chi connectivity index (χ0) is 20.1. The molecule has 6 aromatic carbocycles. The zero-order valence-corrected chi connectivity index (χ0v) is 16.3. The van der Waals surface area contributed by atoms with Crippen LogP contribution in [0.2, 0.25) is 0 Å².